The lowest BCUT2D eigenvalue weighted by Gasteiger charge is -2.27. The summed E-state index contributed by atoms with van der Waals surface area (Å²) >= 11 is 12.5. The molecule has 3 nitrogen and oxygen atoms in total. The molecule has 110 valence electrons. The maximum atomic E-state index is 6.29. The summed E-state index contributed by atoms with van der Waals surface area (Å²) in [6.45, 7) is 6.00. The van der Waals surface area contributed by atoms with Crippen molar-refractivity contribution in [1.82, 2.24) is 0 Å². The van der Waals surface area contributed by atoms with Gasteiger partial charge < -0.3 is 14.0 Å². The van der Waals surface area contributed by atoms with Crippen LogP contribution in [0.1, 0.15) is 26.7 Å². The van der Waals surface area contributed by atoms with Crippen molar-refractivity contribution in [2.45, 2.75) is 26.7 Å². The summed E-state index contributed by atoms with van der Waals surface area (Å²) in [5.74, 6) is 1.05. The molecular formula is C14H19BCl2O3. The van der Waals surface area contributed by atoms with Crippen LogP contribution in [0, 0.1) is 5.92 Å². The zero-order valence-electron chi connectivity index (χ0n) is 11.8. The number of hydrogen-bond donors (Lipinski definition) is 0. The number of rotatable bonds is 5. The van der Waals surface area contributed by atoms with Gasteiger partial charge in [0.15, 0.2) is 0 Å². The first kappa shape index (κ1) is 16.0. The predicted molar refractivity (Wildman–Crippen MR) is 83.3 cm³/mol. The first-order chi connectivity index (χ1) is 9.67. The molecule has 1 aliphatic heterocycles. The van der Waals surface area contributed by atoms with E-state index in [1.807, 2.05) is 13.0 Å². The molecule has 2 rings (SSSR count). The zero-order valence-corrected chi connectivity index (χ0v) is 13.3. The molecule has 0 N–H and O–H groups in total. The number of ether oxygens (including phenoxy) is 1. The van der Waals surface area contributed by atoms with Gasteiger partial charge in [0.05, 0.1) is 11.6 Å². The highest BCUT2D eigenvalue weighted by Gasteiger charge is 2.31. The Morgan fingerprint density at radius 1 is 1.20 bits per heavy atom. The van der Waals surface area contributed by atoms with Crippen molar-refractivity contribution in [2.24, 2.45) is 5.92 Å². The first-order valence-corrected chi connectivity index (χ1v) is 7.76. The number of hydrogen-bond acceptors (Lipinski definition) is 3. The second kappa shape index (κ2) is 7.55. The summed E-state index contributed by atoms with van der Waals surface area (Å²) in [6.07, 6.45) is 2.25. The van der Waals surface area contributed by atoms with Gasteiger partial charge in [-0.2, -0.15) is 0 Å². The molecule has 1 fully saturated rings. The topological polar surface area (TPSA) is 27.7 Å². The highest BCUT2D eigenvalue weighted by molar-refractivity contribution is 6.66. The minimum atomic E-state index is -0.441. The third-order valence-corrected chi connectivity index (χ3v) is 4.17. The molecule has 0 amide bonds. The minimum absolute atomic E-state index is 0.411. The third-order valence-electron chi connectivity index (χ3n) is 3.29. The molecule has 0 unspecified atom stereocenters. The van der Waals surface area contributed by atoms with Gasteiger partial charge in [0, 0.05) is 24.6 Å². The van der Waals surface area contributed by atoms with Crippen molar-refractivity contribution in [3.8, 4) is 5.75 Å². The summed E-state index contributed by atoms with van der Waals surface area (Å²) in [4.78, 5) is 0. The molecule has 1 aliphatic rings. The predicted octanol–water partition coefficient (Wildman–Crippen LogP) is 3.55. The third kappa shape index (κ3) is 3.61. The van der Waals surface area contributed by atoms with E-state index in [1.165, 1.54) is 0 Å². The van der Waals surface area contributed by atoms with Gasteiger partial charge in [-0.05, 0) is 19.4 Å². The fourth-order valence-electron chi connectivity index (χ4n) is 2.29. The smallest absolute Gasteiger partial charge is 0.492 e. The lowest BCUT2D eigenvalue weighted by molar-refractivity contribution is 0.0821. The average Bonchev–Trinajstić information content (AvgIpc) is 2.46. The van der Waals surface area contributed by atoms with Crippen molar-refractivity contribution < 1.29 is 14.0 Å². The van der Waals surface area contributed by atoms with Gasteiger partial charge in [0.1, 0.15) is 10.8 Å². The Kier molecular flexibility index (Phi) is 6.03. The fourth-order valence-corrected chi connectivity index (χ4v) is 2.77. The van der Waals surface area contributed by atoms with E-state index in [-0.39, 0.29) is 0 Å². The van der Waals surface area contributed by atoms with Gasteiger partial charge >= 0.3 is 7.12 Å². The molecule has 0 radical (unpaired) electrons. The van der Waals surface area contributed by atoms with Gasteiger partial charge in [-0.1, -0.05) is 42.6 Å². The lowest BCUT2D eigenvalue weighted by Crippen LogP contribution is -2.44. The molecule has 0 aromatic heterocycles. The van der Waals surface area contributed by atoms with E-state index in [2.05, 4.69) is 6.92 Å². The molecule has 1 saturated heterocycles. The molecular weight excluding hydrogens is 298 g/mol. The van der Waals surface area contributed by atoms with E-state index in [4.69, 9.17) is 37.2 Å². The monoisotopic (exact) mass is 316 g/mol. The summed E-state index contributed by atoms with van der Waals surface area (Å²) in [7, 11) is -0.441. The van der Waals surface area contributed by atoms with Crippen molar-refractivity contribution in [2.75, 3.05) is 19.8 Å². The van der Waals surface area contributed by atoms with E-state index in [1.54, 1.807) is 6.07 Å². The summed E-state index contributed by atoms with van der Waals surface area (Å²) in [6, 6.07) is 3.65. The van der Waals surface area contributed by atoms with E-state index < -0.39 is 7.12 Å². The normalized spacial score (nSPS) is 16.5. The summed E-state index contributed by atoms with van der Waals surface area (Å²) < 4.78 is 16.9. The molecule has 1 heterocycles. The second-order valence-electron chi connectivity index (χ2n) is 4.87. The highest BCUT2D eigenvalue weighted by Crippen LogP contribution is 2.31. The average molecular weight is 317 g/mol. The zero-order chi connectivity index (χ0) is 14.5. The van der Waals surface area contributed by atoms with E-state index >= 15 is 0 Å². The lowest BCUT2D eigenvalue weighted by atomic mass is 9.77. The largest absolute Gasteiger partial charge is 0.495 e. The Labute approximate surface area is 130 Å². The SMILES string of the molecule is CCCC1COB(c2ccc(OCC)c(Cl)c2Cl)OC1. The van der Waals surface area contributed by atoms with Gasteiger partial charge in [-0.25, -0.2) is 0 Å². The Balaban J connectivity index is 2.08. The number of halogens is 2. The van der Waals surface area contributed by atoms with Crippen LogP contribution in [-0.4, -0.2) is 26.9 Å². The van der Waals surface area contributed by atoms with Crippen LogP contribution < -0.4 is 10.2 Å². The molecule has 0 bridgehead atoms. The Hall–Kier alpha value is -0.415. The van der Waals surface area contributed by atoms with Crippen molar-refractivity contribution >= 4 is 35.8 Å². The standard InChI is InChI=1S/C14H19BCl2O3/c1-3-5-10-8-19-15(20-9-10)11-6-7-12(18-4-2)14(17)13(11)16/h6-7,10H,3-5,8-9H2,1-2H3. The maximum absolute atomic E-state index is 6.29. The van der Waals surface area contributed by atoms with Gasteiger partial charge in [0.2, 0.25) is 0 Å². The van der Waals surface area contributed by atoms with Crippen LogP contribution in [-0.2, 0) is 9.31 Å². The molecule has 20 heavy (non-hydrogen) atoms. The first-order valence-electron chi connectivity index (χ1n) is 7.01. The maximum Gasteiger partial charge on any atom is 0.495 e. The van der Waals surface area contributed by atoms with Crippen LogP contribution in [0.25, 0.3) is 0 Å². The summed E-state index contributed by atoms with van der Waals surface area (Å²) in [5.41, 5.74) is 0.759. The van der Waals surface area contributed by atoms with Crippen molar-refractivity contribution in [3.05, 3.63) is 22.2 Å². The van der Waals surface area contributed by atoms with Crippen LogP contribution >= 0.6 is 23.2 Å². The molecule has 0 atom stereocenters. The molecule has 0 saturated carbocycles. The number of benzene rings is 1. The minimum Gasteiger partial charge on any atom is -0.492 e. The summed E-state index contributed by atoms with van der Waals surface area (Å²) in [5, 5.41) is 0.852. The van der Waals surface area contributed by atoms with Crippen molar-refractivity contribution in [1.29, 1.82) is 0 Å². The van der Waals surface area contributed by atoms with Gasteiger partial charge in [-0.15, -0.1) is 0 Å². The van der Waals surface area contributed by atoms with Crippen LogP contribution in [0.2, 0.25) is 10.0 Å². The van der Waals surface area contributed by atoms with E-state index in [0.717, 1.165) is 18.3 Å². The van der Waals surface area contributed by atoms with Gasteiger partial charge in [-0.3, -0.25) is 0 Å². The van der Waals surface area contributed by atoms with Crippen LogP contribution in [0.4, 0.5) is 0 Å². The molecule has 1 aromatic carbocycles. The Morgan fingerprint density at radius 3 is 2.50 bits per heavy atom. The molecule has 6 heteroatoms. The Morgan fingerprint density at radius 2 is 1.90 bits per heavy atom. The second-order valence-corrected chi connectivity index (χ2v) is 5.62. The van der Waals surface area contributed by atoms with Gasteiger partial charge in [0.25, 0.3) is 0 Å². The molecule has 0 spiro atoms. The van der Waals surface area contributed by atoms with E-state index in [9.17, 15) is 0 Å². The molecule has 1 aromatic rings. The van der Waals surface area contributed by atoms with Crippen LogP contribution in [0.5, 0.6) is 5.75 Å². The fraction of sp³-hybridized carbons (Fsp3) is 0.571. The van der Waals surface area contributed by atoms with Crippen LogP contribution in [0.15, 0.2) is 12.1 Å². The highest BCUT2D eigenvalue weighted by atomic mass is 35.5. The van der Waals surface area contributed by atoms with Crippen molar-refractivity contribution in [3.63, 3.8) is 0 Å². The van der Waals surface area contributed by atoms with E-state index in [0.29, 0.717) is 41.5 Å². The molecule has 0 aliphatic carbocycles. The van der Waals surface area contributed by atoms with Crippen LogP contribution in [0.3, 0.4) is 0 Å². The quantitative estimate of drug-likeness (QED) is 0.777. The Bertz CT molecular complexity index is 448.